The van der Waals surface area contributed by atoms with Crippen LogP contribution in [0.2, 0.25) is 5.02 Å². The molecule has 0 bridgehead atoms. The molecule has 0 aromatic heterocycles. The van der Waals surface area contributed by atoms with E-state index in [-0.39, 0.29) is 5.02 Å². The zero-order valence-electron chi connectivity index (χ0n) is 10.4. The van der Waals surface area contributed by atoms with E-state index >= 15 is 0 Å². The van der Waals surface area contributed by atoms with Crippen molar-refractivity contribution in [2.75, 3.05) is 7.05 Å². The van der Waals surface area contributed by atoms with E-state index in [1.807, 2.05) is 0 Å². The first kappa shape index (κ1) is 15.4. The Morgan fingerprint density at radius 1 is 1.05 bits per heavy atom. The smallest absolute Gasteiger partial charge is 0.160 e. The van der Waals surface area contributed by atoms with Gasteiger partial charge in [-0.3, -0.25) is 0 Å². The summed E-state index contributed by atoms with van der Waals surface area (Å²) in [5.41, 5.74) is 1.04. The van der Waals surface area contributed by atoms with Crippen molar-refractivity contribution in [2.45, 2.75) is 6.04 Å². The maximum absolute atomic E-state index is 13.4. The molecule has 2 aromatic carbocycles. The Morgan fingerprint density at radius 2 is 1.70 bits per heavy atom. The van der Waals surface area contributed by atoms with Gasteiger partial charge >= 0.3 is 0 Å². The Balaban J connectivity index is 2.55. The normalized spacial score (nSPS) is 12.5. The molecule has 0 aliphatic heterocycles. The Bertz CT molecular complexity index is 649. The summed E-state index contributed by atoms with van der Waals surface area (Å²) in [4.78, 5) is 0. The molecule has 1 N–H and O–H groups in total. The third-order valence-electron chi connectivity index (χ3n) is 2.91. The molecular weight excluding hydrogens is 355 g/mol. The standard InChI is InChI=1S/C14H10BrClF3N/c1-20-14(8-3-2-7(17)4-10(8)15)9-5-12(18)13(19)6-11(9)16/h2-6,14,20H,1H3. The quantitative estimate of drug-likeness (QED) is 0.769. The minimum atomic E-state index is -1.01. The average molecular weight is 365 g/mol. The van der Waals surface area contributed by atoms with Gasteiger partial charge in [0.15, 0.2) is 11.6 Å². The lowest BCUT2D eigenvalue weighted by atomic mass is 9.98. The molecule has 1 atom stereocenters. The van der Waals surface area contributed by atoms with Gasteiger partial charge in [-0.05, 0) is 42.4 Å². The molecule has 0 saturated carbocycles. The van der Waals surface area contributed by atoms with Crippen molar-refractivity contribution in [3.8, 4) is 0 Å². The van der Waals surface area contributed by atoms with Crippen LogP contribution in [-0.2, 0) is 0 Å². The molecular formula is C14H10BrClF3N. The first-order valence-electron chi connectivity index (χ1n) is 5.70. The lowest BCUT2D eigenvalue weighted by Gasteiger charge is -2.20. The van der Waals surface area contributed by atoms with Gasteiger partial charge < -0.3 is 5.32 Å². The van der Waals surface area contributed by atoms with Crippen LogP contribution in [-0.4, -0.2) is 7.05 Å². The third-order valence-corrected chi connectivity index (χ3v) is 3.93. The molecule has 0 spiro atoms. The van der Waals surface area contributed by atoms with Gasteiger partial charge in [0, 0.05) is 9.50 Å². The first-order chi connectivity index (χ1) is 9.43. The molecule has 2 aromatic rings. The minimum Gasteiger partial charge on any atom is -0.309 e. The largest absolute Gasteiger partial charge is 0.309 e. The molecule has 0 radical (unpaired) electrons. The van der Waals surface area contributed by atoms with Crippen LogP contribution in [0.4, 0.5) is 13.2 Å². The van der Waals surface area contributed by atoms with Crippen molar-refractivity contribution >= 4 is 27.5 Å². The number of halogens is 5. The Hall–Kier alpha value is -1.04. The van der Waals surface area contributed by atoms with Gasteiger partial charge in [0.25, 0.3) is 0 Å². The monoisotopic (exact) mass is 363 g/mol. The van der Waals surface area contributed by atoms with Crippen molar-refractivity contribution in [2.24, 2.45) is 0 Å². The summed E-state index contributed by atoms with van der Waals surface area (Å²) in [6, 6.07) is 5.61. The van der Waals surface area contributed by atoms with E-state index in [1.165, 1.54) is 12.1 Å². The summed E-state index contributed by atoms with van der Waals surface area (Å²) in [7, 11) is 1.65. The molecule has 6 heteroatoms. The molecule has 0 fully saturated rings. The van der Waals surface area contributed by atoms with Gasteiger partial charge in [-0.15, -0.1) is 0 Å². The van der Waals surface area contributed by atoms with E-state index in [0.717, 1.165) is 12.1 Å². The van der Waals surface area contributed by atoms with Crippen molar-refractivity contribution < 1.29 is 13.2 Å². The molecule has 0 aliphatic carbocycles. The second-order valence-corrected chi connectivity index (χ2v) is 5.44. The summed E-state index contributed by atoms with van der Waals surface area (Å²) < 4.78 is 40.2. The molecule has 2 rings (SSSR count). The fourth-order valence-corrected chi connectivity index (χ4v) is 2.81. The number of hydrogen-bond acceptors (Lipinski definition) is 1. The van der Waals surface area contributed by atoms with Crippen molar-refractivity contribution in [1.82, 2.24) is 5.32 Å². The van der Waals surface area contributed by atoms with Gasteiger partial charge in [0.1, 0.15) is 5.82 Å². The van der Waals surface area contributed by atoms with Gasteiger partial charge in [-0.1, -0.05) is 33.6 Å². The highest BCUT2D eigenvalue weighted by molar-refractivity contribution is 9.10. The molecule has 0 aliphatic rings. The van der Waals surface area contributed by atoms with Gasteiger partial charge in [-0.2, -0.15) is 0 Å². The topological polar surface area (TPSA) is 12.0 Å². The SMILES string of the molecule is CNC(c1cc(F)c(F)cc1Cl)c1ccc(F)cc1Br. The highest BCUT2D eigenvalue weighted by Gasteiger charge is 2.20. The molecule has 20 heavy (non-hydrogen) atoms. The summed E-state index contributed by atoms with van der Waals surface area (Å²) in [5.74, 6) is -2.39. The molecule has 1 unspecified atom stereocenters. The molecule has 106 valence electrons. The molecule has 1 nitrogen and oxygen atoms in total. The van der Waals surface area contributed by atoms with Crippen LogP contribution in [0.3, 0.4) is 0 Å². The fraction of sp³-hybridized carbons (Fsp3) is 0.143. The van der Waals surface area contributed by atoms with E-state index in [2.05, 4.69) is 21.2 Å². The predicted octanol–water partition coefficient (Wildman–Crippen LogP) is 4.83. The first-order valence-corrected chi connectivity index (χ1v) is 6.87. The minimum absolute atomic E-state index is 0.0967. The number of benzene rings is 2. The van der Waals surface area contributed by atoms with E-state index in [4.69, 9.17) is 11.6 Å². The summed E-state index contributed by atoms with van der Waals surface area (Å²) in [6.45, 7) is 0. The van der Waals surface area contributed by atoms with Crippen LogP contribution in [0.15, 0.2) is 34.8 Å². The van der Waals surface area contributed by atoms with Crippen LogP contribution in [0, 0.1) is 17.5 Å². The average Bonchev–Trinajstić information content (AvgIpc) is 2.38. The van der Waals surface area contributed by atoms with E-state index in [9.17, 15) is 13.2 Å². The van der Waals surface area contributed by atoms with E-state index in [0.29, 0.717) is 15.6 Å². The Morgan fingerprint density at radius 3 is 2.30 bits per heavy atom. The van der Waals surface area contributed by atoms with Crippen molar-refractivity contribution in [1.29, 1.82) is 0 Å². The highest BCUT2D eigenvalue weighted by atomic mass is 79.9. The van der Waals surface area contributed by atoms with Gasteiger partial charge in [-0.25, -0.2) is 13.2 Å². The summed E-state index contributed by atoms with van der Waals surface area (Å²) in [6.07, 6.45) is 0. The van der Waals surface area contributed by atoms with Crippen LogP contribution < -0.4 is 5.32 Å². The van der Waals surface area contributed by atoms with Crippen molar-refractivity contribution in [3.05, 3.63) is 68.4 Å². The van der Waals surface area contributed by atoms with Crippen molar-refractivity contribution in [3.63, 3.8) is 0 Å². The fourth-order valence-electron chi connectivity index (χ4n) is 1.97. The molecule has 0 amide bonds. The number of rotatable bonds is 3. The summed E-state index contributed by atoms with van der Waals surface area (Å²) >= 11 is 9.22. The van der Waals surface area contributed by atoms with Crippen LogP contribution in [0.1, 0.15) is 17.2 Å². The van der Waals surface area contributed by atoms with Gasteiger partial charge in [0.05, 0.1) is 6.04 Å². The number of nitrogens with one attached hydrogen (secondary N) is 1. The van der Waals surface area contributed by atoms with Gasteiger partial charge in [0.2, 0.25) is 0 Å². The molecule has 0 saturated heterocycles. The maximum Gasteiger partial charge on any atom is 0.160 e. The lowest BCUT2D eigenvalue weighted by molar-refractivity contribution is 0.505. The zero-order valence-corrected chi connectivity index (χ0v) is 12.7. The molecule has 0 heterocycles. The third kappa shape index (κ3) is 3.00. The van der Waals surface area contributed by atoms with E-state index in [1.54, 1.807) is 13.1 Å². The highest BCUT2D eigenvalue weighted by Crippen LogP contribution is 2.33. The lowest BCUT2D eigenvalue weighted by Crippen LogP contribution is -2.19. The number of hydrogen-bond donors (Lipinski definition) is 1. The van der Waals surface area contributed by atoms with Crippen LogP contribution in [0.5, 0.6) is 0 Å². The predicted molar refractivity (Wildman–Crippen MR) is 76.4 cm³/mol. The Labute approximate surface area is 127 Å². The second-order valence-electron chi connectivity index (χ2n) is 4.18. The van der Waals surface area contributed by atoms with E-state index < -0.39 is 23.5 Å². The zero-order chi connectivity index (χ0) is 14.9. The Kier molecular flexibility index (Phi) is 4.73. The maximum atomic E-state index is 13.4. The summed E-state index contributed by atoms with van der Waals surface area (Å²) in [5, 5.41) is 3.05. The van der Waals surface area contributed by atoms with Crippen LogP contribution in [0.25, 0.3) is 0 Å². The van der Waals surface area contributed by atoms with Crippen LogP contribution >= 0.6 is 27.5 Å². The second kappa shape index (κ2) is 6.16.